The number of amides is 1. The smallest absolute Gasteiger partial charge is 0.247 e. The molecule has 2 N–H and O–H groups in total. The Morgan fingerprint density at radius 2 is 2.10 bits per heavy atom. The van der Waals surface area contributed by atoms with Crippen molar-refractivity contribution < 1.29 is 9.18 Å². The molecule has 0 bridgehead atoms. The lowest BCUT2D eigenvalue weighted by Crippen LogP contribution is -2.45. The van der Waals surface area contributed by atoms with Crippen LogP contribution in [0.3, 0.4) is 0 Å². The Balaban J connectivity index is 0.00000200. The van der Waals surface area contributed by atoms with E-state index >= 15 is 0 Å². The summed E-state index contributed by atoms with van der Waals surface area (Å²) in [5.41, 5.74) is 1.47. The molecule has 20 heavy (non-hydrogen) atoms. The largest absolute Gasteiger partial charge is 0.348 e. The van der Waals surface area contributed by atoms with Crippen molar-refractivity contribution in [2.45, 2.75) is 25.8 Å². The lowest BCUT2D eigenvalue weighted by Gasteiger charge is -2.23. The second kappa shape index (κ2) is 8.02. The number of halogens is 2. The molecule has 0 aromatic heterocycles. The Bertz CT molecular complexity index is 467. The van der Waals surface area contributed by atoms with Gasteiger partial charge in [0.15, 0.2) is 0 Å². The van der Waals surface area contributed by atoms with Crippen molar-refractivity contribution in [1.82, 2.24) is 10.6 Å². The van der Waals surface area contributed by atoms with Gasteiger partial charge < -0.3 is 10.6 Å². The van der Waals surface area contributed by atoms with Gasteiger partial charge >= 0.3 is 0 Å². The van der Waals surface area contributed by atoms with Crippen LogP contribution in [0.25, 0.3) is 6.08 Å². The molecule has 1 aliphatic heterocycles. The summed E-state index contributed by atoms with van der Waals surface area (Å²) in [6.07, 6.45) is 3.87. The van der Waals surface area contributed by atoms with E-state index in [1.807, 2.05) is 0 Å². The molecule has 0 spiro atoms. The van der Waals surface area contributed by atoms with Crippen LogP contribution in [0, 0.1) is 5.82 Å². The highest BCUT2D eigenvalue weighted by Gasteiger charge is 2.15. The molecule has 110 valence electrons. The third kappa shape index (κ3) is 4.94. The van der Waals surface area contributed by atoms with Gasteiger partial charge in [-0.15, -0.1) is 12.4 Å². The molecule has 1 aromatic carbocycles. The first-order valence-corrected chi connectivity index (χ1v) is 6.60. The van der Waals surface area contributed by atoms with E-state index in [4.69, 9.17) is 0 Å². The van der Waals surface area contributed by atoms with Crippen LogP contribution in [-0.2, 0) is 4.79 Å². The van der Waals surface area contributed by atoms with E-state index in [9.17, 15) is 9.18 Å². The monoisotopic (exact) mass is 298 g/mol. The van der Waals surface area contributed by atoms with E-state index in [1.54, 1.807) is 25.1 Å². The lowest BCUT2D eigenvalue weighted by molar-refractivity contribution is -0.118. The van der Waals surface area contributed by atoms with Crippen LogP contribution < -0.4 is 10.6 Å². The molecule has 3 nitrogen and oxygen atoms in total. The fraction of sp³-hybridized carbons (Fsp3) is 0.400. The van der Waals surface area contributed by atoms with Crippen molar-refractivity contribution in [3.8, 4) is 0 Å². The van der Waals surface area contributed by atoms with Crippen LogP contribution in [0.15, 0.2) is 29.8 Å². The Kier molecular flexibility index (Phi) is 6.68. The van der Waals surface area contributed by atoms with Crippen LogP contribution in [0.5, 0.6) is 0 Å². The average Bonchev–Trinajstić information content (AvgIpc) is 2.42. The van der Waals surface area contributed by atoms with Crippen molar-refractivity contribution in [2.24, 2.45) is 0 Å². The summed E-state index contributed by atoms with van der Waals surface area (Å²) < 4.78 is 12.8. The number of nitrogens with one attached hydrogen (secondary N) is 2. The molecule has 5 heteroatoms. The fourth-order valence-corrected chi connectivity index (χ4v) is 2.15. The third-order valence-electron chi connectivity index (χ3n) is 3.24. The summed E-state index contributed by atoms with van der Waals surface area (Å²) >= 11 is 0. The number of benzene rings is 1. The van der Waals surface area contributed by atoms with Gasteiger partial charge in [-0.1, -0.05) is 12.1 Å². The van der Waals surface area contributed by atoms with Crippen LogP contribution in [0.1, 0.15) is 25.3 Å². The van der Waals surface area contributed by atoms with Crippen molar-refractivity contribution >= 4 is 24.4 Å². The Hall–Kier alpha value is -1.39. The van der Waals surface area contributed by atoms with Crippen LogP contribution in [0.4, 0.5) is 4.39 Å². The number of carbonyl (C=O) groups is 1. The van der Waals surface area contributed by atoms with E-state index in [-0.39, 0.29) is 30.2 Å². The molecular formula is C15H20ClFN2O. The van der Waals surface area contributed by atoms with Crippen LogP contribution in [-0.4, -0.2) is 25.0 Å². The molecule has 1 fully saturated rings. The number of hydrogen-bond acceptors (Lipinski definition) is 2. The molecular weight excluding hydrogens is 279 g/mol. The SMILES string of the molecule is CC(=Cc1ccc(F)cc1)C(=O)NC1CCCNC1.Cl. The van der Waals surface area contributed by atoms with Crippen molar-refractivity contribution in [2.75, 3.05) is 13.1 Å². The van der Waals surface area contributed by atoms with Gasteiger partial charge in [0.25, 0.3) is 0 Å². The Labute approximate surface area is 125 Å². The van der Waals surface area contributed by atoms with E-state index in [0.29, 0.717) is 5.57 Å². The summed E-state index contributed by atoms with van der Waals surface area (Å²) in [6.45, 7) is 3.63. The standard InChI is InChI=1S/C15H19FN2O.ClH/c1-11(9-12-4-6-13(16)7-5-12)15(19)18-14-3-2-8-17-10-14;/h4-7,9,14,17H,2-3,8,10H2,1H3,(H,18,19);1H. The topological polar surface area (TPSA) is 41.1 Å². The normalized spacial score (nSPS) is 19.1. The molecule has 0 saturated carbocycles. The number of hydrogen-bond donors (Lipinski definition) is 2. The average molecular weight is 299 g/mol. The lowest BCUT2D eigenvalue weighted by atomic mass is 10.1. The predicted molar refractivity (Wildman–Crippen MR) is 81.3 cm³/mol. The van der Waals surface area contributed by atoms with Crippen molar-refractivity contribution in [1.29, 1.82) is 0 Å². The minimum atomic E-state index is -0.271. The summed E-state index contributed by atoms with van der Waals surface area (Å²) in [4.78, 5) is 12.0. The third-order valence-corrected chi connectivity index (χ3v) is 3.24. The molecule has 1 amide bonds. The number of carbonyl (C=O) groups excluding carboxylic acids is 1. The first kappa shape index (κ1) is 16.7. The van der Waals surface area contributed by atoms with E-state index in [1.165, 1.54) is 12.1 Å². The van der Waals surface area contributed by atoms with Crippen LogP contribution in [0.2, 0.25) is 0 Å². The second-order valence-electron chi connectivity index (χ2n) is 4.90. The maximum absolute atomic E-state index is 12.8. The zero-order valence-electron chi connectivity index (χ0n) is 11.5. The number of piperidine rings is 1. The van der Waals surface area contributed by atoms with Gasteiger partial charge in [-0.2, -0.15) is 0 Å². The predicted octanol–water partition coefficient (Wildman–Crippen LogP) is 2.52. The molecule has 1 unspecified atom stereocenters. The van der Waals surface area contributed by atoms with Gasteiger partial charge in [-0.25, -0.2) is 4.39 Å². The van der Waals surface area contributed by atoms with Crippen molar-refractivity contribution in [3.63, 3.8) is 0 Å². The highest BCUT2D eigenvalue weighted by atomic mass is 35.5. The summed E-state index contributed by atoms with van der Waals surface area (Å²) in [7, 11) is 0. The minimum absolute atomic E-state index is 0. The van der Waals surface area contributed by atoms with Crippen molar-refractivity contribution in [3.05, 3.63) is 41.2 Å². The molecule has 2 rings (SSSR count). The molecule has 1 atom stereocenters. The van der Waals surface area contributed by atoms with Gasteiger partial charge in [0.2, 0.25) is 5.91 Å². The fourth-order valence-electron chi connectivity index (χ4n) is 2.15. The maximum Gasteiger partial charge on any atom is 0.247 e. The van der Waals surface area contributed by atoms with Gasteiger partial charge in [-0.3, -0.25) is 4.79 Å². The van der Waals surface area contributed by atoms with Gasteiger partial charge in [-0.05, 0) is 50.1 Å². The molecule has 1 aromatic rings. The van der Waals surface area contributed by atoms with Gasteiger partial charge in [0, 0.05) is 18.2 Å². The molecule has 0 radical (unpaired) electrons. The summed E-state index contributed by atoms with van der Waals surface area (Å²) in [5, 5.41) is 6.27. The zero-order chi connectivity index (χ0) is 13.7. The quantitative estimate of drug-likeness (QED) is 0.842. The van der Waals surface area contributed by atoms with Crippen LogP contribution >= 0.6 is 12.4 Å². The molecule has 1 aliphatic rings. The molecule has 1 saturated heterocycles. The first-order valence-electron chi connectivity index (χ1n) is 6.60. The van der Waals surface area contributed by atoms with E-state index in [0.717, 1.165) is 31.5 Å². The van der Waals surface area contributed by atoms with Gasteiger partial charge in [0.05, 0.1) is 0 Å². The molecule has 1 heterocycles. The second-order valence-corrected chi connectivity index (χ2v) is 4.90. The molecule has 0 aliphatic carbocycles. The number of rotatable bonds is 3. The first-order chi connectivity index (χ1) is 9.15. The zero-order valence-corrected chi connectivity index (χ0v) is 12.3. The minimum Gasteiger partial charge on any atom is -0.348 e. The maximum atomic E-state index is 12.8. The van der Waals surface area contributed by atoms with E-state index < -0.39 is 0 Å². The summed E-state index contributed by atoms with van der Waals surface area (Å²) in [6, 6.07) is 6.31. The highest BCUT2D eigenvalue weighted by molar-refractivity contribution is 5.97. The highest BCUT2D eigenvalue weighted by Crippen LogP contribution is 2.09. The van der Waals surface area contributed by atoms with Gasteiger partial charge in [0.1, 0.15) is 5.82 Å². The Morgan fingerprint density at radius 3 is 2.70 bits per heavy atom. The van der Waals surface area contributed by atoms with E-state index in [2.05, 4.69) is 10.6 Å². The Morgan fingerprint density at radius 1 is 1.40 bits per heavy atom. The summed E-state index contributed by atoms with van der Waals surface area (Å²) in [5.74, 6) is -0.328.